The summed E-state index contributed by atoms with van der Waals surface area (Å²) >= 11 is 0. The van der Waals surface area contributed by atoms with Crippen molar-refractivity contribution in [3.63, 3.8) is 0 Å². The monoisotopic (exact) mass is 262 g/mol. The lowest BCUT2D eigenvalue weighted by atomic mass is 9.92. The zero-order chi connectivity index (χ0) is 14.5. The minimum absolute atomic E-state index is 0.00184. The summed E-state index contributed by atoms with van der Waals surface area (Å²) in [6.45, 7) is 8.38. The van der Waals surface area contributed by atoms with Gasteiger partial charge in [-0.15, -0.1) is 0 Å². The highest BCUT2D eigenvalue weighted by molar-refractivity contribution is 5.76. The van der Waals surface area contributed by atoms with Crippen LogP contribution in [0.4, 0.5) is 0 Å². The van der Waals surface area contributed by atoms with Crippen molar-refractivity contribution in [2.75, 3.05) is 7.05 Å². The number of hydrogen-bond acceptors (Lipinski definition) is 2. The zero-order valence-electron chi connectivity index (χ0n) is 12.7. The molecule has 0 spiro atoms. The number of benzene rings is 1. The number of nitrogens with one attached hydrogen (secondary N) is 2. The maximum atomic E-state index is 11.9. The first-order valence-corrected chi connectivity index (χ1v) is 6.85. The molecule has 1 amide bonds. The average Bonchev–Trinajstić information content (AvgIpc) is 2.34. The molecule has 0 radical (unpaired) electrons. The van der Waals surface area contributed by atoms with E-state index in [2.05, 4.69) is 62.6 Å². The number of aryl methyl sites for hydroxylation is 2. The van der Waals surface area contributed by atoms with Gasteiger partial charge in [-0.1, -0.05) is 50.6 Å². The lowest BCUT2D eigenvalue weighted by Crippen LogP contribution is -2.51. The summed E-state index contributed by atoms with van der Waals surface area (Å²) in [5, 5.41) is 6.18. The first kappa shape index (κ1) is 15.7. The first-order chi connectivity index (χ1) is 8.82. The molecule has 3 nitrogen and oxygen atoms in total. The fourth-order valence-electron chi connectivity index (χ4n) is 1.97. The van der Waals surface area contributed by atoms with Gasteiger partial charge in [0.1, 0.15) is 0 Å². The Morgan fingerprint density at radius 1 is 1.21 bits per heavy atom. The highest BCUT2D eigenvalue weighted by Crippen LogP contribution is 2.17. The van der Waals surface area contributed by atoms with Crippen LogP contribution in [0.1, 0.15) is 38.3 Å². The molecule has 1 aromatic carbocycles. The van der Waals surface area contributed by atoms with E-state index < -0.39 is 0 Å². The highest BCUT2D eigenvalue weighted by Gasteiger charge is 2.24. The molecule has 0 fully saturated rings. The van der Waals surface area contributed by atoms with Crippen molar-refractivity contribution in [3.05, 3.63) is 35.4 Å². The van der Waals surface area contributed by atoms with Gasteiger partial charge in [0.25, 0.3) is 0 Å². The second-order valence-corrected chi connectivity index (χ2v) is 6.14. The minimum Gasteiger partial charge on any atom is -0.340 e. The topological polar surface area (TPSA) is 41.1 Å². The van der Waals surface area contributed by atoms with Crippen molar-refractivity contribution in [2.45, 2.75) is 46.7 Å². The smallest absolute Gasteiger partial charge is 0.221 e. The van der Waals surface area contributed by atoms with Crippen molar-refractivity contribution in [1.82, 2.24) is 10.6 Å². The Bertz CT molecular complexity index is 404. The molecule has 106 valence electrons. The molecule has 1 rings (SSSR count). The van der Waals surface area contributed by atoms with E-state index in [9.17, 15) is 4.79 Å². The SMILES string of the molecule is CNC(NC(=O)CCc1ccc(C)cc1)C(C)(C)C. The molecular weight excluding hydrogens is 236 g/mol. The van der Waals surface area contributed by atoms with Crippen LogP contribution in [-0.2, 0) is 11.2 Å². The minimum atomic E-state index is -0.00184. The van der Waals surface area contributed by atoms with Crippen LogP contribution < -0.4 is 10.6 Å². The molecule has 1 aromatic rings. The van der Waals surface area contributed by atoms with Gasteiger partial charge in [0.05, 0.1) is 6.17 Å². The lowest BCUT2D eigenvalue weighted by Gasteiger charge is -2.31. The highest BCUT2D eigenvalue weighted by atomic mass is 16.1. The number of hydrogen-bond donors (Lipinski definition) is 2. The summed E-state index contributed by atoms with van der Waals surface area (Å²) in [7, 11) is 1.87. The molecule has 0 aromatic heterocycles. The standard InChI is InChI=1S/C16H26N2O/c1-12-6-8-13(9-7-12)10-11-14(19)18-15(17-5)16(2,3)4/h6-9,15,17H,10-11H2,1-5H3,(H,18,19). The van der Waals surface area contributed by atoms with E-state index in [1.807, 2.05) is 7.05 Å². The van der Waals surface area contributed by atoms with Crippen molar-refractivity contribution in [1.29, 1.82) is 0 Å². The maximum Gasteiger partial charge on any atom is 0.221 e. The van der Waals surface area contributed by atoms with Crippen LogP contribution in [0.3, 0.4) is 0 Å². The Morgan fingerprint density at radius 2 is 1.79 bits per heavy atom. The third-order valence-corrected chi connectivity index (χ3v) is 3.22. The van der Waals surface area contributed by atoms with Crippen LogP contribution in [-0.4, -0.2) is 19.1 Å². The molecule has 19 heavy (non-hydrogen) atoms. The molecule has 1 atom stereocenters. The summed E-state index contributed by atoms with van der Waals surface area (Å²) < 4.78 is 0. The first-order valence-electron chi connectivity index (χ1n) is 6.85. The van der Waals surface area contributed by atoms with Crippen molar-refractivity contribution in [2.24, 2.45) is 5.41 Å². The molecule has 0 heterocycles. The largest absolute Gasteiger partial charge is 0.340 e. The molecule has 0 aliphatic heterocycles. The predicted molar refractivity (Wildman–Crippen MR) is 79.9 cm³/mol. The van der Waals surface area contributed by atoms with Crippen LogP contribution in [0.15, 0.2) is 24.3 Å². The summed E-state index contributed by atoms with van der Waals surface area (Å²) in [6.07, 6.45) is 1.31. The Balaban J connectivity index is 2.45. The summed E-state index contributed by atoms with van der Waals surface area (Å²) in [6, 6.07) is 8.33. The van der Waals surface area contributed by atoms with Gasteiger partial charge in [-0.05, 0) is 31.4 Å². The van der Waals surface area contributed by atoms with E-state index in [-0.39, 0.29) is 17.5 Å². The zero-order valence-corrected chi connectivity index (χ0v) is 12.7. The van der Waals surface area contributed by atoms with Gasteiger partial charge in [-0.2, -0.15) is 0 Å². The quantitative estimate of drug-likeness (QED) is 0.801. The van der Waals surface area contributed by atoms with Crippen LogP contribution in [0.5, 0.6) is 0 Å². The fourth-order valence-corrected chi connectivity index (χ4v) is 1.97. The molecule has 0 saturated heterocycles. The lowest BCUT2D eigenvalue weighted by molar-refractivity contribution is -0.122. The number of amides is 1. The maximum absolute atomic E-state index is 11.9. The molecule has 0 bridgehead atoms. The Morgan fingerprint density at radius 3 is 2.26 bits per heavy atom. The van der Waals surface area contributed by atoms with Crippen LogP contribution in [0.25, 0.3) is 0 Å². The van der Waals surface area contributed by atoms with E-state index in [1.165, 1.54) is 11.1 Å². The van der Waals surface area contributed by atoms with E-state index >= 15 is 0 Å². The van der Waals surface area contributed by atoms with E-state index in [0.717, 1.165) is 6.42 Å². The fraction of sp³-hybridized carbons (Fsp3) is 0.562. The van der Waals surface area contributed by atoms with E-state index in [4.69, 9.17) is 0 Å². The summed E-state index contributed by atoms with van der Waals surface area (Å²) in [5.74, 6) is 0.0925. The van der Waals surface area contributed by atoms with Crippen LogP contribution in [0, 0.1) is 12.3 Å². The van der Waals surface area contributed by atoms with Gasteiger partial charge in [0.2, 0.25) is 5.91 Å². The molecule has 3 heteroatoms. The van der Waals surface area contributed by atoms with Gasteiger partial charge in [0, 0.05) is 6.42 Å². The molecule has 2 N–H and O–H groups in total. The van der Waals surface area contributed by atoms with Gasteiger partial charge in [-0.25, -0.2) is 0 Å². The molecule has 0 saturated carbocycles. The van der Waals surface area contributed by atoms with Crippen molar-refractivity contribution in [3.8, 4) is 0 Å². The average molecular weight is 262 g/mol. The Labute approximate surface area is 116 Å². The summed E-state index contributed by atoms with van der Waals surface area (Å²) in [4.78, 5) is 11.9. The predicted octanol–water partition coefficient (Wildman–Crippen LogP) is 2.64. The Hall–Kier alpha value is -1.35. The molecule has 0 aliphatic rings. The van der Waals surface area contributed by atoms with Crippen LogP contribution >= 0.6 is 0 Å². The second kappa shape index (κ2) is 6.71. The van der Waals surface area contributed by atoms with Gasteiger partial charge >= 0.3 is 0 Å². The second-order valence-electron chi connectivity index (χ2n) is 6.14. The van der Waals surface area contributed by atoms with Gasteiger partial charge < -0.3 is 10.6 Å². The Kier molecular flexibility index (Phi) is 5.55. The molecular formula is C16H26N2O. The number of carbonyl (C=O) groups is 1. The van der Waals surface area contributed by atoms with Crippen molar-refractivity contribution >= 4 is 5.91 Å². The summed E-state index contributed by atoms with van der Waals surface area (Å²) in [5.41, 5.74) is 2.46. The van der Waals surface area contributed by atoms with E-state index in [0.29, 0.717) is 6.42 Å². The third kappa shape index (κ3) is 5.43. The van der Waals surface area contributed by atoms with Crippen molar-refractivity contribution < 1.29 is 4.79 Å². The normalized spacial score (nSPS) is 13.1. The third-order valence-electron chi connectivity index (χ3n) is 3.22. The van der Waals surface area contributed by atoms with Gasteiger partial charge in [-0.3, -0.25) is 4.79 Å². The van der Waals surface area contributed by atoms with Crippen LogP contribution in [0.2, 0.25) is 0 Å². The molecule has 0 aliphatic carbocycles. The number of rotatable bonds is 5. The van der Waals surface area contributed by atoms with Gasteiger partial charge in [0.15, 0.2) is 0 Å². The van der Waals surface area contributed by atoms with E-state index in [1.54, 1.807) is 0 Å². The number of carbonyl (C=O) groups excluding carboxylic acids is 1. The molecule has 1 unspecified atom stereocenters.